The first kappa shape index (κ1) is 14.2. The predicted molar refractivity (Wildman–Crippen MR) is 77.5 cm³/mol. The fourth-order valence-electron chi connectivity index (χ4n) is 2.40. The second-order valence-corrected chi connectivity index (χ2v) is 6.33. The number of carbonyl (C=O) groups excluding carboxylic acids is 1. The van der Waals surface area contributed by atoms with Crippen molar-refractivity contribution in [3.05, 3.63) is 17.5 Å². The average molecular weight is 307 g/mol. The summed E-state index contributed by atoms with van der Waals surface area (Å²) in [6.45, 7) is 0.756. The zero-order valence-corrected chi connectivity index (χ0v) is 12.5. The van der Waals surface area contributed by atoms with Crippen LogP contribution in [-0.2, 0) is 11.3 Å². The van der Waals surface area contributed by atoms with Crippen molar-refractivity contribution in [3.8, 4) is 10.7 Å². The summed E-state index contributed by atoms with van der Waals surface area (Å²) in [7, 11) is 1.77. The third kappa shape index (κ3) is 3.27. The number of tetrazole rings is 1. The van der Waals surface area contributed by atoms with E-state index in [1.165, 1.54) is 16.1 Å². The summed E-state index contributed by atoms with van der Waals surface area (Å²) in [6, 6.07) is 3.84. The predicted octanol–water partition coefficient (Wildman–Crippen LogP) is 0.631. The fraction of sp³-hybridized carbons (Fsp3) is 0.538. The number of aliphatic hydroxyl groups excluding tert-OH is 1. The lowest BCUT2D eigenvalue weighted by atomic mass is 9.82. The van der Waals surface area contributed by atoms with E-state index in [0.29, 0.717) is 18.3 Å². The standard InChI is InChI=1S/C13H17N5O2S/c1-17(7-9-5-10(19)6-9)12(20)8-18-15-13(14-16-18)11-3-2-4-21-11/h2-4,9-10,19H,5-8H2,1H3. The summed E-state index contributed by atoms with van der Waals surface area (Å²) < 4.78 is 0. The van der Waals surface area contributed by atoms with Gasteiger partial charge < -0.3 is 10.0 Å². The van der Waals surface area contributed by atoms with Crippen molar-refractivity contribution in [1.82, 2.24) is 25.1 Å². The number of nitrogens with zero attached hydrogens (tertiary/aromatic N) is 5. The molecule has 0 bridgehead atoms. The van der Waals surface area contributed by atoms with Gasteiger partial charge in [0.05, 0.1) is 11.0 Å². The van der Waals surface area contributed by atoms with E-state index in [9.17, 15) is 9.90 Å². The number of thiophene rings is 1. The van der Waals surface area contributed by atoms with E-state index in [4.69, 9.17) is 0 Å². The Hall–Kier alpha value is -1.80. The van der Waals surface area contributed by atoms with E-state index in [1.807, 2.05) is 17.5 Å². The van der Waals surface area contributed by atoms with Crippen molar-refractivity contribution in [2.24, 2.45) is 5.92 Å². The van der Waals surface area contributed by atoms with Crippen LogP contribution in [0.15, 0.2) is 17.5 Å². The van der Waals surface area contributed by atoms with Gasteiger partial charge in [0, 0.05) is 13.6 Å². The van der Waals surface area contributed by atoms with Gasteiger partial charge in [0.2, 0.25) is 11.7 Å². The lowest BCUT2D eigenvalue weighted by molar-refractivity contribution is -0.132. The molecule has 2 heterocycles. The Morgan fingerprint density at radius 3 is 3.05 bits per heavy atom. The minimum atomic E-state index is -0.191. The Balaban J connectivity index is 1.55. The second kappa shape index (κ2) is 5.90. The highest BCUT2D eigenvalue weighted by molar-refractivity contribution is 7.13. The molecule has 1 saturated carbocycles. The first-order chi connectivity index (χ1) is 10.1. The molecule has 1 aliphatic carbocycles. The van der Waals surface area contributed by atoms with Gasteiger partial charge in [0.25, 0.3) is 0 Å². The Kier molecular flexibility index (Phi) is 3.98. The molecule has 0 aromatic carbocycles. The number of hydrogen-bond donors (Lipinski definition) is 1. The molecule has 1 amide bonds. The first-order valence-corrected chi connectivity index (χ1v) is 7.73. The van der Waals surface area contributed by atoms with E-state index in [2.05, 4.69) is 15.4 Å². The zero-order chi connectivity index (χ0) is 14.8. The van der Waals surface area contributed by atoms with Gasteiger partial charge in [-0.05, 0) is 35.4 Å². The van der Waals surface area contributed by atoms with Crippen LogP contribution < -0.4 is 0 Å². The van der Waals surface area contributed by atoms with E-state index in [-0.39, 0.29) is 18.6 Å². The summed E-state index contributed by atoms with van der Waals surface area (Å²) in [6.07, 6.45) is 1.37. The SMILES string of the molecule is CN(CC1CC(O)C1)C(=O)Cn1nnc(-c2cccs2)n1. The van der Waals surface area contributed by atoms with Crippen LogP contribution in [0.3, 0.4) is 0 Å². The molecule has 1 fully saturated rings. The summed E-state index contributed by atoms with van der Waals surface area (Å²) in [5.74, 6) is 0.897. The highest BCUT2D eigenvalue weighted by Crippen LogP contribution is 2.27. The quantitative estimate of drug-likeness (QED) is 0.876. The maximum Gasteiger partial charge on any atom is 0.245 e. The van der Waals surface area contributed by atoms with Crippen molar-refractivity contribution in [2.75, 3.05) is 13.6 Å². The van der Waals surface area contributed by atoms with Gasteiger partial charge in [0.15, 0.2) is 0 Å². The van der Waals surface area contributed by atoms with Gasteiger partial charge in [-0.2, -0.15) is 4.80 Å². The minimum Gasteiger partial charge on any atom is -0.393 e. The lowest BCUT2D eigenvalue weighted by Gasteiger charge is -2.34. The molecule has 0 radical (unpaired) electrons. The maximum absolute atomic E-state index is 12.1. The number of hydrogen-bond acceptors (Lipinski definition) is 6. The van der Waals surface area contributed by atoms with E-state index >= 15 is 0 Å². The van der Waals surface area contributed by atoms with Crippen molar-refractivity contribution >= 4 is 17.2 Å². The fourth-order valence-corrected chi connectivity index (χ4v) is 3.04. The molecule has 0 saturated heterocycles. The zero-order valence-electron chi connectivity index (χ0n) is 11.7. The number of aromatic nitrogens is 4. The molecule has 7 nitrogen and oxygen atoms in total. The summed E-state index contributed by atoms with van der Waals surface area (Å²) >= 11 is 1.54. The molecule has 112 valence electrons. The minimum absolute atomic E-state index is 0.0495. The van der Waals surface area contributed by atoms with E-state index in [1.54, 1.807) is 11.9 Å². The Labute approximate surface area is 126 Å². The largest absolute Gasteiger partial charge is 0.393 e. The van der Waals surface area contributed by atoms with Crippen LogP contribution in [0, 0.1) is 5.92 Å². The van der Waals surface area contributed by atoms with Crippen LogP contribution in [0.1, 0.15) is 12.8 Å². The lowest BCUT2D eigenvalue weighted by Crippen LogP contribution is -2.40. The van der Waals surface area contributed by atoms with Crippen LogP contribution in [0.4, 0.5) is 0 Å². The summed E-state index contributed by atoms with van der Waals surface area (Å²) in [4.78, 5) is 16.0. The molecular formula is C13H17N5O2S. The number of amides is 1. The molecule has 2 aromatic rings. The second-order valence-electron chi connectivity index (χ2n) is 5.39. The normalized spacial score (nSPS) is 21.0. The number of aliphatic hydroxyl groups is 1. The van der Waals surface area contributed by atoms with Crippen LogP contribution in [0.2, 0.25) is 0 Å². The molecular weight excluding hydrogens is 290 g/mol. The molecule has 0 unspecified atom stereocenters. The molecule has 8 heteroatoms. The smallest absolute Gasteiger partial charge is 0.245 e. The van der Waals surface area contributed by atoms with Crippen molar-refractivity contribution < 1.29 is 9.90 Å². The summed E-state index contributed by atoms with van der Waals surface area (Å²) in [5.41, 5.74) is 0. The highest BCUT2D eigenvalue weighted by atomic mass is 32.1. The molecule has 1 aliphatic rings. The summed E-state index contributed by atoms with van der Waals surface area (Å²) in [5, 5.41) is 23.3. The van der Waals surface area contributed by atoms with Gasteiger partial charge in [0.1, 0.15) is 6.54 Å². The first-order valence-electron chi connectivity index (χ1n) is 6.85. The van der Waals surface area contributed by atoms with Gasteiger partial charge >= 0.3 is 0 Å². The Morgan fingerprint density at radius 2 is 2.38 bits per heavy atom. The average Bonchev–Trinajstić information content (AvgIpc) is 3.06. The molecule has 0 atom stereocenters. The Morgan fingerprint density at radius 1 is 1.57 bits per heavy atom. The number of likely N-dealkylation sites (N-methyl/N-ethyl adjacent to an activating group) is 1. The van der Waals surface area contributed by atoms with E-state index < -0.39 is 0 Å². The van der Waals surface area contributed by atoms with E-state index in [0.717, 1.165) is 17.7 Å². The van der Waals surface area contributed by atoms with Gasteiger partial charge in [-0.15, -0.1) is 21.5 Å². The van der Waals surface area contributed by atoms with Gasteiger partial charge in [-0.3, -0.25) is 4.79 Å². The van der Waals surface area contributed by atoms with Gasteiger partial charge in [-0.25, -0.2) is 0 Å². The molecule has 2 aromatic heterocycles. The van der Waals surface area contributed by atoms with Crippen LogP contribution >= 0.6 is 11.3 Å². The Bertz CT molecular complexity index is 606. The number of rotatable bonds is 5. The van der Waals surface area contributed by atoms with Crippen LogP contribution in [0.5, 0.6) is 0 Å². The van der Waals surface area contributed by atoms with Crippen molar-refractivity contribution in [3.63, 3.8) is 0 Å². The molecule has 21 heavy (non-hydrogen) atoms. The number of carbonyl (C=O) groups is 1. The third-order valence-corrected chi connectivity index (χ3v) is 4.51. The highest BCUT2D eigenvalue weighted by Gasteiger charge is 2.29. The molecule has 3 rings (SSSR count). The van der Waals surface area contributed by atoms with Crippen LogP contribution in [0.25, 0.3) is 10.7 Å². The van der Waals surface area contributed by atoms with Gasteiger partial charge in [-0.1, -0.05) is 6.07 Å². The van der Waals surface area contributed by atoms with Crippen molar-refractivity contribution in [2.45, 2.75) is 25.5 Å². The van der Waals surface area contributed by atoms with Crippen LogP contribution in [-0.4, -0.2) is 55.8 Å². The van der Waals surface area contributed by atoms with Crippen molar-refractivity contribution in [1.29, 1.82) is 0 Å². The monoisotopic (exact) mass is 307 g/mol. The third-order valence-electron chi connectivity index (χ3n) is 3.64. The molecule has 1 N–H and O–H groups in total. The maximum atomic E-state index is 12.1. The topological polar surface area (TPSA) is 84.1 Å². The molecule has 0 spiro atoms. The molecule has 0 aliphatic heterocycles.